The van der Waals surface area contributed by atoms with Gasteiger partial charge in [-0.15, -0.1) is 0 Å². The maximum atomic E-state index is 11.4. The Balaban J connectivity index is 1.13. The van der Waals surface area contributed by atoms with Crippen LogP contribution < -0.4 is 10.2 Å². The van der Waals surface area contributed by atoms with Gasteiger partial charge in [0, 0.05) is 57.3 Å². The third-order valence-electron chi connectivity index (χ3n) is 8.19. The Morgan fingerprint density at radius 1 is 1.03 bits per heavy atom. The van der Waals surface area contributed by atoms with Crippen molar-refractivity contribution in [2.24, 2.45) is 0 Å². The minimum atomic E-state index is -0.0213. The monoisotopic (exact) mass is 486 g/mol. The lowest BCUT2D eigenvalue weighted by atomic mass is 9.91. The quantitative estimate of drug-likeness (QED) is 0.455. The fourth-order valence-electron chi connectivity index (χ4n) is 6.07. The van der Waals surface area contributed by atoms with E-state index in [-0.39, 0.29) is 12.5 Å². The molecule has 4 rings (SSSR count). The fourth-order valence-corrected chi connectivity index (χ4v) is 6.07. The summed E-state index contributed by atoms with van der Waals surface area (Å²) in [7, 11) is 1.55. The Bertz CT molecular complexity index is 766. The van der Waals surface area contributed by atoms with Gasteiger partial charge in [-0.3, -0.25) is 9.69 Å². The van der Waals surface area contributed by atoms with Crippen LogP contribution in [0.2, 0.25) is 0 Å². The van der Waals surface area contributed by atoms with Crippen molar-refractivity contribution in [2.75, 3.05) is 57.9 Å². The van der Waals surface area contributed by atoms with E-state index in [9.17, 15) is 4.79 Å². The van der Waals surface area contributed by atoms with E-state index in [4.69, 9.17) is 14.7 Å². The van der Waals surface area contributed by atoms with Gasteiger partial charge in [0.15, 0.2) is 0 Å². The van der Waals surface area contributed by atoms with E-state index >= 15 is 0 Å². The van der Waals surface area contributed by atoms with Crippen LogP contribution in [0.3, 0.4) is 0 Å². The number of hydrogen-bond donors (Lipinski definition) is 1. The first-order chi connectivity index (χ1) is 17.0. The highest BCUT2D eigenvalue weighted by Gasteiger charge is 2.41. The highest BCUT2D eigenvalue weighted by molar-refractivity contribution is 5.77. The molecular weight excluding hydrogens is 440 g/mol. The molecule has 1 unspecified atom stereocenters. The van der Waals surface area contributed by atoms with Crippen LogP contribution in [0.5, 0.6) is 0 Å². The number of fused-ring (bicyclic) bond motifs is 2. The van der Waals surface area contributed by atoms with Gasteiger partial charge in [-0.25, -0.2) is 9.97 Å². The average molecular weight is 487 g/mol. The molecule has 0 spiro atoms. The Morgan fingerprint density at radius 2 is 1.69 bits per heavy atom. The van der Waals surface area contributed by atoms with E-state index in [0.717, 1.165) is 32.0 Å². The number of carbonyl (C=O) groups excluding carboxylic acids is 1. The molecule has 1 aromatic rings. The molecule has 4 heterocycles. The second kappa shape index (κ2) is 13.0. The number of amides is 1. The molecular formula is C27H46N6O2. The molecule has 196 valence electrons. The van der Waals surface area contributed by atoms with Crippen LogP contribution >= 0.6 is 0 Å². The van der Waals surface area contributed by atoms with Crippen molar-refractivity contribution in [1.82, 2.24) is 25.1 Å². The number of carbonyl (C=O) groups is 1. The number of ether oxygens (including phenoxy) is 1. The molecule has 35 heavy (non-hydrogen) atoms. The third kappa shape index (κ3) is 7.14. The molecule has 3 aliphatic rings. The number of rotatable bonds is 12. The molecule has 3 fully saturated rings. The summed E-state index contributed by atoms with van der Waals surface area (Å²) in [6.45, 7) is 11.3. The minimum absolute atomic E-state index is 0.0213. The number of methoxy groups -OCH3 is 1. The van der Waals surface area contributed by atoms with Gasteiger partial charge in [0.05, 0.1) is 0 Å². The van der Waals surface area contributed by atoms with Crippen LogP contribution in [-0.4, -0.2) is 96.8 Å². The predicted octanol–water partition coefficient (Wildman–Crippen LogP) is 3.04. The molecule has 3 aliphatic heterocycles. The molecule has 0 aliphatic carbocycles. The SMILES string of the molecule is COCC(=O)NCCCCCCN1CCC(c2cnc(N3C4CC[C@H]3CN(C(C)C)C4)nc2)CC1. The van der Waals surface area contributed by atoms with Crippen molar-refractivity contribution in [3.63, 3.8) is 0 Å². The number of nitrogens with zero attached hydrogens (tertiary/aromatic N) is 5. The molecule has 8 heteroatoms. The number of anilines is 1. The normalized spacial score (nSPS) is 23.8. The summed E-state index contributed by atoms with van der Waals surface area (Å²) in [5, 5.41) is 2.89. The van der Waals surface area contributed by atoms with Gasteiger partial charge in [0.2, 0.25) is 11.9 Å². The molecule has 1 N–H and O–H groups in total. The number of nitrogens with one attached hydrogen (secondary N) is 1. The number of hydrogen-bond acceptors (Lipinski definition) is 7. The summed E-state index contributed by atoms with van der Waals surface area (Å²) in [5.41, 5.74) is 1.32. The second-order valence-corrected chi connectivity index (χ2v) is 11.0. The highest BCUT2D eigenvalue weighted by atomic mass is 16.5. The van der Waals surface area contributed by atoms with Crippen molar-refractivity contribution < 1.29 is 9.53 Å². The fraction of sp³-hybridized carbons (Fsp3) is 0.815. The van der Waals surface area contributed by atoms with Crippen LogP contribution in [0.1, 0.15) is 76.7 Å². The molecule has 8 nitrogen and oxygen atoms in total. The van der Waals surface area contributed by atoms with Crippen molar-refractivity contribution in [1.29, 1.82) is 0 Å². The summed E-state index contributed by atoms with van der Waals surface area (Å²) < 4.78 is 4.82. The Hall–Kier alpha value is -1.77. The van der Waals surface area contributed by atoms with Gasteiger partial charge in [-0.05, 0) is 83.5 Å². The van der Waals surface area contributed by atoms with Gasteiger partial charge in [-0.1, -0.05) is 12.8 Å². The molecule has 0 radical (unpaired) electrons. The maximum absolute atomic E-state index is 11.4. The standard InChI is InChI=1S/C27H46N6O2/c1-21(2)32-18-24-8-9-25(19-32)33(24)27-29-16-23(17-30-27)22-10-14-31(15-11-22)13-7-5-4-6-12-28-26(34)20-35-3/h16-17,21-22,24-25H,4-15,18-20H2,1-3H3,(H,28,34)/t24-,25?/m0/s1. The Kier molecular flexibility index (Phi) is 9.75. The lowest BCUT2D eigenvalue weighted by Gasteiger charge is -2.42. The van der Waals surface area contributed by atoms with E-state index in [1.165, 1.54) is 70.1 Å². The van der Waals surface area contributed by atoms with E-state index in [2.05, 4.69) is 46.3 Å². The lowest BCUT2D eigenvalue weighted by Crippen LogP contribution is -2.56. The molecule has 1 amide bonds. The van der Waals surface area contributed by atoms with E-state index in [0.29, 0.717) is 24.0 Å². The first-order valence-electron chi connectivity index (χ1n) is 13.9. The summed E-state index contributed by atoms with van der Waals surface area (Å²) in [6, 6.07) is 1.76. The number of unbranched alkanes of at least 4 members (excludes halogenated alkanes) is 3. The zero-order valence-corrected chi connectivity index (χ0v) is 22.1. The lowest BCUT2D eigenvalue weighted by molar-refractivity contribution is -0.124. The molecule has 0 aromatic carbocycles. The summed E-state index contributed by atoms with van der Waals surface area (Å²) >= 11 is 0. The average Bonchev–Trinajstić information content (AvgIpc) is 3.12. The van der Waals surface area contributed by atoms with Crippen LogP contribution in [0.25, 0.3) is 0 Å². The van der Waals surface area contributed by atoms with Crippen LogP contribution in [0, 0.1) is 0 Å². The van der Waals surface area contributed by atoms with Crippen molar-refractivity contribution in [2.45, 2.75) is 89.3 Å². The van der Waals surface area contributed by atoms with Gasteiger partial charge in [-0.2, -0.15) is 0 Å². The summed E-state index contributed by atoms with van der Waals surface area (Å²) in [5.74, 6) is 1.51. The van der Waals surface area contributed by atoms with Crippen molar-refractivity contribution in [3.8, 4) is 0 Å². The van der Waals surface area contributed by atoms with Gasteiger partial charge < -0.3 is 19.9 Å². The van der Waals surface area contributed by atoms with Crippen molar-refractivity contribution >= 4 is 11.9 Å². The molecule has 3 saturated heterocycles. The van der Waals surface area contributed by atoms with E-state index < -0.39 is 0 Å². The first kappa shape index (κ1) is 26.3. The number of piperidine rings is 1. The van der Waals surface area contributed by atoms with Gasteiger partial charge in [0.1, 0.15) is 6.61 Å². The largest absolute Gasteiger partial charge is 0.375 e. The van der Waals surface area contributed by atoms with E-state index in [1.54, 1.807) is 7.11 Å². The molecule has 2 atom stereocenters. The van der Waals surface area contributed by atoms with Crippen LogP contribution in [-0.2, 0) is 9.53 Å². The molecule has 1 aromatic heterocycles. The molecule has 0 saturated carbocycles. The number of likely N-dealkylation sites (tertiary alicyclic amines) is 2. The highest BCUT2D eigenvalue weighted by Crippen LogP contribution is 2.34. The minimum Gasteiger partial charge on any atom is -0.375 e. The van der Waals surface area contributed by atoms with Crippen LogP contribution in [0.15, 0.2) is 12.4 Å². The maximum Gasteiger partial charge on any atom is 0.245 e. The number of piperazine rings is 1. The molecule has 2 bridgehead atoms. The van der Waals surface area contributed by atoms with Crippen molar-refractivity contribution in [3.05, 3.63) is 18.0 Å². The van der Waals surface area contributed by atoms with Gasteiger partial charge in [0.25, 0.3) is 0 Å². The second-order valence-electron chi connectivity index (χ2n) is 11.0. The first-order valence-corrected chi connectivity index (χ1v) is 13.9. The summed E-state index contributed by atoms with van der Waals surface area (Å²) in [4.78, 5) is 28.8. The summed E-state index contributed by atoms with van der Waals surface area (Å²) in [6.07, 6.45) is 13.8. The van der Waals surface area contributed by atoms with Crippen LogP contribution in [0.4, 0.5) is 5.95 Å². The Morgan fingerprint density at radius 3 is 2.31 bits per heavy atom. The zero-order valence-electron chi connectivity index (χ0n) is 22.1. The topological polar surface area (TPSA) is 73.8 Å². The number of aromatic nitrogens is 2. The third-order valence-corrected chi connectivity index (χ3v) is 8.19. The smallest absolute Gasteiger partial charge is 0.245 e. The predicted molar refractivity (Wildman–Crippen MR) is 140 cm³/mol. The van der Waals surface area contributed by atoms with Gasteiger partial charge >= 0.3 is 0 Å². The zero-order chi connectivity index (χ0) is 24.6. The van der Waals surface area contributed by atoms with E-state index in [1.807, 2.05) is 0 Å². The Labute approximate surface area is 211 Å².